The van der Waals surface area contributed by atoms with Crippen LogP contribution in [0.1, 0.15) is 24.7 Å². The molecule has 3 heteroatoms. The number of H-pyrrole nitrogens is 1. The normalized spacial score (nSPS) is 10.9. The maximum absolute atomic E-state index is 4.16. The molecule has 0 saturated heterocycles. The fourth-order valence-corrected chi connectivity index (χ4v) is 3.71. The van der Waals surface area contributed by atoms with Crippen molar-refractivity contribution in [2.75, 3.05) is 0 Å². The molecule has 140 valence electrons. The van der Waals surface area contributed by atoms with Crippen LogP contribution in [-0.2, 0) is 19.4 Å². The molecule has 0 aliphatic carbocycles. The van der Waals surface area contributed by atoms with Crippen LogP contribution < -0.4 is 4.57 Å². The molecule has 0 saturated carbocycles. The molecule has 0 aliphatic heterocycles. The standard InChI is InChI=1S/C25H26N3/c1-2-9-24-16-22(20-10-5-3-6-11-20)17-25(21-12-7-4-8-13-21)28(24)15-14-23-18-26-19-27-23/h3-8,10-13,16-19H,2,9,14-15H2,1H3,(H,26,27)/q+1. The Kier molecular flexibility index (Phi) is 5.62. The summed E-state index contributed by atoms with van der Waals surface area (Å²) in [5.74, 6) is 0. The lowest BCUT2D eigenvalue weighted by Crippen LogP contribution is -2.42. The Morgan fingerprint density at radius 1 is 0.821 bits per heavy atom. The third-order valence-electron chi connectivity index (χ3n) is 5.09. The van der Waals surface area contributed by atoms with Gasteiger partial charge < -0.3 is 4.98 Å². The predicted molar refractivity (Wildman–Crippen MR) is 114 cm³/mol. The molecule has 0 amide bonds. The molecule has 4 aromatic rings. The molecule has 0 atom stereocenters. The van der Waals surface area contributed by atoms with Crippen molar-refractivity contribution < 1.29 is 4.57 Å². The van der Waals surface area contributed by atoms with Gasteiger partial charge in [0.25, 0.3) is 0 Å². The topological polar surface area (TPSA) is 32.6 Å². The summed E-state index contributed by atoms with van der Waals surface area (Å²) in [6.45, 7) is 3.17. The number of aryl methyl sites for hydroxylation is 2. The smallest absolute Gasteiger partial charge is 0.213 e. The van der Waals surface area contributed by atoms with Crippen LogP contribution in [0.4, 0.5) is 0 Å². The van der Waals surface area contributed by atoms with Gasteiger partial charge in [0.2, 0.25) is 5.69 Å². The van der Waals surface area contributed by atoms with Crippen molar-refractivity contribution in [2.45, 2.75) is 32.7 Å². The second-order valence-corrected chi connectivity index (χ2v) is 7.08. The summed E-state index contributed by atoms with van der Waals surface area (Å²) in [6, 6.07) is 26.1. The number of hydrogen-bond donors (Lipinski definition) is 1. The van der Waals surface area contributed by atoms with E-state index in [9.17, 15) is 0 Å². The van der Waals surface area contributed by atoms with Crippen LogP contribution >= 0.6 is 0 Å². The lowest BCUT2D eigenvalue weighted by atomic mass is 10.00. The number of imidazole rings is 1. The summed E-state index contributed by atoms with van der Waals surface area (Å²) in [5.41, 5.74) is 7.61. The first-order valence-corrected chi connectivity index (χ1v) is 10.00. The van der Waals surface area contributed by atoms with Crippen LogP contribution in [0.25, 0.3) is 22.4 Å². The minimum absolute atomic E-state index is 0.927. The lowest BCUT2D eigenvalue weighted by molar-refractivity contribution is -0.693. The number of nitrogens with one attached hydrogen (secondary N) is 1. The Morgan fingerprint density at radius 2 is 1.54 bits per heavy atom. The summed E-state index contributed by atoms with van der Waals surface area (Å²) < 4.78 is 2.48. The Hall–Kier alpha value is -3.20. The van der Waals surface area contributed by atoms with E-state index in [0.29, 0.717) is 0 Å². The van der Waals surface area contributed by atoms with Crippen molar-refractivity contribution in [3.8, 4) is 22.4 Å². The largest absolute Gasteiger partial charge is 0.348 e. The van der Waals surface area contributed by atoms with Gasteiger partial charge in [0, 0.05) is 42.4 Å². The van der Waals surface area contributed by atoms with Gasteiger partial charge in [-0.25, -0.2) is 4.98 Å². The van der Waals surface area contributed by atoms with Gasteiger partial charge in [0.05, 0.1) is 6.33 Å². The Balaban J connectivity index is 1.83. The third-order valence-corrected chi connectivity index (χ3v) is 5.09. The van der Waals surface area contributed by atoms with Gasteiger partial charge in [-0.2, -0.15) is 4.57 Å². The first-order valence-electron chi connectivity index (χ1n) is 10.00. The minimum atomic E-state index is 0.927. The van der Waals surface area contributed by atoms with E-state index in [1.807, 2.05) is 6.20 Å². The maximum Gasteiger partial charge on any atom is 0.213 e. The van der Waals surface area contributed by atoms with Crippen LogP contribution in [0.3, 0.4) is 0 Å². The number of benzene rings is 2. The van der Waals surface area contributed by atoms with Gasteiger partial charge >= 0.3 is 0 Å². The first kappa shape index (κ1) is 18.2. The number of pyridine rings is 1. The van der Waals surface area contributed by atoms with E-state index < -0.39 is 0 Å². The molecule has 0 unspecified atom stereocenters. The maximum atomic E-state index is 4.16. The van der Waals surface area contributed by atoms with Crippen LogP contribution in [-0.4, -0.2) is 9.97 Å². The monoisotopic (exact) mass is 368 g/mol. The predicted octanol–water partition coefficient (Wildman–Crippen LogP) is 5.23. The Bertz CT molecular complexity index is 1010. The summed E-state index contributed by atoms with van der Waals surface area (Å²) in [7, 11) is 0. The molecule has 0 fully saturated rings. The third kappa shape index (κ3) is 4.04. The second kappa shape index (κ2) is 8.66. The highest BCUT2D eigenvalue weighted by molar-refractivity contribution is 5.69. The number of hydrogen-bond acceptors (Lipinski definition) is 1. The molecule has 1 N–H and O–H groups in total. The molecule has 0 bridgehead atoms. The van der Waals surface area contributed by atoms with Crippen LogP contribution in [0.2, 0.25) is 0 Å². The van der Waals surface area contributed by atoms with Gasteiger partial charge in [-0.3, -0.25) is 0 Å². The number of aromatic amines is 1. The van der Waals surface area contributed by atoms with E-state index in [0.717, 1.165) is 25.8 Å². The van der Waals surface area contributed by atoms with Crippen LogP contribution in [0.15, 0.2) is 85.3 Å². The summed E-state index contributed by atoms with van der Waals surface area (Å²) in [5, 5.41) is 0. The molecule has 0 aliphatic rings. The average molecular weight is 369 g/mol. The van der Waals surface area contributed by atoms with Crippen molar-refractivity contribution in [1.29, 1.82) is 0 Å². The zero-order valence-corrected chi connectivity index (χ0v) is 16.3. The Labute approximate surface area is 166 Å². The highest BCUT2D eigenvalue weighted by atomic mass is 15.0. The van der Waals surface area contributed by atoms with Gasteiger partial charge in [-0.1, -0.05) is 55.5 Å². The van der Waals surface area contributed by atoms with Crippen molar-refractivity contribution in [3.05, 3.63) is 96.7 Å². The van der Waals surface area contributed by atoms with E-state index >= 15 is 0 Å². The van der Waals surface area contributed by atoms with Gasteiger partial charge in [0.15, 0.2) is 12.2 Å². The molecule has 3 nitrogen and oxygen atoms in total. The second-order valence-electron chi connectivity index (χ2n) is 7.08. The number of nitrogens with zero attached hydrogens (tertiary/aromatic N) is 2. The minimum Gasteiger partial charge on any atom is -0.348 e. The fraction of sp³-hybridized carbons (Fsp3) is 0.200. The van der Waals surface area contributed by atoms with E-state index in [1.165, 1.54) is 33.8 Å². The van der Waals surface area contributed by atoms with Crippen LogP contribution in [0.5, 0.6) is 0 Å². The molecule has 0 spiro atoms. The van der Waals surface area contributed by atoms with Crippen molar-refractivity contribution in [1.82, 2.24) is 9.97 Å². The molecule has 28 heavy (non-hydrogen) atoms. The van der Waals surface area contributed by atoms with Gasteiger partial charge in [-0.15, -0.1) is 0 Å². The SMILES string of the molecule is CCCc1cc(-c2ccccc2)cc(-c2ccccc2)[n+]1CCc1cnc[nH]1. The Morgan fingerprint density at radius 3 is 2.18 bits per heavy atom. The molecule has 4 rings (SSSR count). The zero-order valence-electron chi connectivity index (χ0n) is 16.3. The zero-order chi connectivity index (χ0) is 19.2. The average Bonchev–Trinajstić information content (AvgIpc) is 3.27. The quantitative estimate of drug-likeness (QED) is 0.445. The van der Waals surface area contributed by atoms with Crippen LogP contribution in [0, 0.1) is 0 Å². The summed E-state index contributed by atoms with van der Waals surface area (Å²) in [4.78, 5) is 7.39. The molecular weight excluding hydrogens is 342 g/mol. The van der Waals surface area contributed by atoms with E-state index in [1.54, 1.807) is 6.33 Å². The van der Waals surface area contributed by atoms with Crippen molar-refractivity contribution in [3.63, 3.8) is 0 Å². The number of rotatable bonds is 7. The van der Waals surface area contributed by atoms with E-state index in [2.05, 4.69) is 94.3 Å². The molecule has 0 radical (unpaired) electrons. The van der Waals surface area contributed by atoms with Crippen molar-refractivity contribution in [2.24, 2.45) is 0 Å². The highest BCUT2D eigenvalue weighted by Crippen LogP contribution is 2.25. The highest BCUT2D eigenvalue weighted by Gasteiger charge is 2.21. The van der Waals surface area contributed by atoms with E-state index in [4.69, 9.17) is 0 Å². The van der Waals surface area contributed by atoms with Gasteiger partial charge in [-0.05, 0) is 29.7 Å². The fourth-order valence-electron chi connectivity index (χ4n) is 3.71. The van der Waals surface area contributed by atoms with Gasteiger partial charge in [0.1, 0.15) is 0 Å². The lowest BCUT2D eigenvalue weighted by Gasteiger charge is -2.12. The number of aromatic nitrogens is 3. The molecular formula is C25H26N3+. The van der Waals surface area contributed by atoms with Crippen molar-refractivity contribution >= 4 is 0 Å². The molecule has 2 heterocycles. The molecule has 2 aromatic heterocycles. The first-order chi connectivity index (χ1) is 13.8. The van der Waals surface area contributed by atoms with E-state index in [-0.39, 0.29) is 0 Å². The summed E-state index contributed by atoms with van der Waals surface area (Å²) >= 11 is 0. The molecule has 2 aromatic carbocycles. The summed E-state index contributed by atoms with van der Waals surface area (Å²) in [6.07, 6.45) is 6.79.